The van der Waals surface area contributed by atoms with Gasteiger partial charge in [-0.3, -0.25) is 4.79 Å². The van der Waals surface area contributed by atoms with Crippen molar-refractivity contribution >= 4 is 23.4 Å². The first-order valence-electron chi connectivity index (χ1n) is 8.32. The molecule has 8 heteroatoms. The lowest BCUT2D eigenvalue weighted by atomic mass is 10.1. The van der Waals surface area contributed by atoms with Crippen molar-refractivity contribution in [2.75, 3.05) is 5.32 Å². The van der Waals surface area contributed by atoms with Gasteiger partial charge in [-0.2, -0.15) is 9.94 Å². The molecular formula is C19H18N6OS. The van der Waals surface area contributed by atoms with Crippen LogP contribution in [-0.4, -0.2) is 31.4 Å². The summed E-state index contributed by atoms with van der Waals surface area (Å²) in [6, 6.07) is 14.8. The van der Waals surface area contributed by atoms with E-state index in [2.05, 4.69) is 26.9 Å². The van der Waals surface area contributed by atoms with Crippen LogP contribution < -0.4 is 5.32 Å². The Morgan fingerprint density at radius 3 is 2.63 bits per heavy atom. The molecule has 3 rings (SSSR count). The van der Waals surface area contributed by atoms with Gasteiger partial charge in [-0.1, -0.05) is 36.0 Å². The van der Waals surface area contributed by atoms with Gasteiger partial charge in [-0.15, -0.1) is 5.10 Å². The quantitative estimate of drug-likeness (QED) is 0.685. The monoisotopic (exact) mass is 378 g/mol. The molecule has 0 unspecified atom stereocenters. The molecule has 0 bridgehead atoms. The highest BCUT2D eigenvalue weighted by Gasteiger charge is 2.20. The number of aryl methyl sites for hydroxylation is 2. The second kappa shape index (κ2) is 8.01. The van der Waals surface area contributed by atoms with Gasteiger partial charge in [0, 0.05) is 5.69 Å². The van der Waals surface area contributed by atoms with Crippen molar-refractivity contribution in [3.8, 4) is 11.8 Å². The van der Waals surface area contributed by atoms with Crippen molar-refractivity contribution < 1.29 is 4.79 Å². The Bertz CT molecular complexity index is 1000. The topological polar surface area (TPSA) is 96.5 Å². The fourth-order valence-corrected chi connectivity index (χ4v) is 3.45. The summed E-state index contributed by atoms with van der Waals surface area (Å²) in [5.74, 6) is -0.189. The Morgan fingerprint density at radius 2 is 1.93 bits per heavy atom. The molecule has 0 aliphatic carbocycles. The number of hydrogen-bond donors (Lipinski definition) is 1. The zero-order chi connectivity index (χ0) is 19.4. The standard InChI is InChI=1S/C19H18N6OS/c1-12-6-4-7-13(2)17(12)25-19(22-23-24-25)27-14(3)18(26)21-16-9-5-8-15(10-16)11-20/h4-10,14H,1-3H3,(H,21,26)/t14-/m1/s1. The number of hydrogen-bond acceptors (Lipinski definition) is 6. The van der Waals surface area contributed by atoms with Crippen LogP contribution in [0.3, 0.4) is 0 Å². The molecule has 0 saturated carbocycles. The van der Waals surface area contributed by atoms with Crippen LogP contribution in [0.2, 0.25) is 0 Å². The Hall–Kier alpha value is -3.18. The molecule has 0 radical (unpaired) electrons. The van der Waals surface area contributed by atoms with E-state index in [-0.39, 0.29) is 5.91 Å². The lowest BCUT2D eigenvalue weighted by Crippen LogP contribution is -2.23. The molecule has 1 amide bonds. The van der Waals surface area contributed by atoms with Crippen molar-refractivity contribution in [1.82, 2.24) is 20.2 Å². The van der Waals surface area contributed by atoms with E-state index in [1.165, 1.54) is 11.8 Å². The van der Waals surface area contributed by atoms with Gasteiger partial charge in [0.1, 0.15) is 0 Å². The van der Waals surface area contributed by atoms with Gasteiger partial charge in [-0.05, 0) is 60.5 Å². The highest BCUT2D eigenvalue weighted by atomic mass is 32.2. The number of aromatic nitrogens is 4. The van der Waals surface area contributed by atoms with E-state index in [0.29, 0.717) is 16.4 Å². The number of carbonyl (C=O) groups excluding carboxylic acids is 1. The Kier molecular flexibility index (Phi) is 5.52. The normalized spacial score (nSPS) is 11.6. The minimum Gasteiger partial charge on any atom is -0.325 e. The maximum Gasteiger partial charge on any atom is 0.237 e. The van der Waals surface area contributed by atoms with Gasteiger partial charge in [0.15, 0.2) is 0 Å². The fraction of sp³-hybridized carbons (Fsp3) is 0.211. The van der Waals surface area contributed by atoms with Crippen LogP contribution in [-0.2, 0) is 4.79 Å². The number of nitrogens with one attached hydrogen (secondary N) is 1. The highest BCUT2D eigenvalue weighted by molar-refractivity contribution is 8.00. The fourth-order valence-electron chi connectivity index (χ4n) is 2.65. The van der Waals surface area contributed by atoms with E-state index in [4.69, 9.17) is 5.26 Å². The van der Waals surface area contributed by atoms with Crippen molar-refractivity contribution in [3.05, 3.63) is 59.2 Å². The number of tetrazole rings is 1. The third-order valence-electron chi connectivity index (χ3n) is 4.00. The molecule has 0 aliphatic rings. The summed E-state index contributed by atoms with van der Waals surface area (Å²) in [7, 11) is 0. The van der Waals surface area contributed by atoms with Crippen LogP contribution in [0, 0.1) is 25.2 Å². The molecule has 7 nitrogen and oxygen atoms in total. The largest absolute Gasteiger partial charge is 0.325 e. The maximum atomic E-state index is 12.5. The number of carbonyl (C=O) groups is 1. The van der Waals surface area contributed by atoms with E-state index in [1.54, 1.807) is 35.9 Å². The van der Waals surface area contributed by atoms with E-state index in [0.717, 1.165) is 16.8 Å². The Balaban J connectivity index is 1.77. The first-order valence-corrected chi connectivity index (χ1v) is 9.20. The van der Waals surface area contributed by atoms with Crippen LogP contribution in [0.25, 0.3) is 5.69 Å². The molecule has 1 aromatic heterocycles. The average molecular weight is 378 g/mol. The molecule has 0 saturated heterocycles. The summed E-state index contributed by atoms with van der Waals surface area (Å²) in [6.07, 6.45) is 0. The molecule has 27 heavy (non-hydrogen) atoms. The van der Waals surface area contributed by atoms with Gasteiger partial charge < -0.3 is 5.32 Å². The van der Waals surface area contributed by atoms with Crippen LogP contribution in [0.1, 0.15) is 23.6 Å². The first kappa shape index (κ1) is 18.6. The molecule has 136 valence electrons. The van der Waals surface area contributed by atoms with Crippen LogP contribution in [0.4, 0.5) is 5.69 Å². The summed E-state index contributed by atoms with van der Waals surface area (Å²) in [4.78, 5) is 12.5. The minimum atomic E-state index is -0.426. The molecule has 0 fully saturated rings. The van der Waals surface area contributed by atoms with Gasteiger partial charge >= 0.3 is 0 Å². The Morgan fingerprint density at radius 1 is 1.22 bits per heavy atom. The van der Waals surface area contributed by atoms with E-state index < -0.39 is 5.25 Å². The number of para-hydroxylation sites is 1. The number of anilines is 1. The molecule has 0 aliphatic heterocycles. The van der Waals surface area contributed by atoms with E-state index in [1.807, 2.05) is 32.0 Å². The van der Waals surface area contributed by atoms with Gasteiger partial charge in [0.25, 0.3) is 0 Å². The summed E-state index contributed by atoms with van der Waals surface area (Å²) in [5, 5.41) is 23.8. The van der Waals surface area contributed by atoms with E-state index >= 15 is 0 Å². The number of nitrogens with zero attached hydrogens (tertiary/aromatic N) is 5. The van der Waals surface area contributed by atoms with Gasteiger partial charge in [0.2, 0.25) is 11.1 Å². The third kappa shape index (κ3) is 4.15. The van der Waals surface area contributed by atoms with Gasteiger partial charge in [-0.25, -0.2) is 0 Å². The lowest BCUT2D eigenvalue weighted by Gasteiger charge is -2.14. The zero-order valence-corrected chi connectivity index (χ0v) is 16.0. The van der Waals surface area contributed by atoms with Crippen LogP contribution >= 0.6 is 11.8 Å². The predicted octanol–water partition coefficient (Wildman–Crippen LogP) is 3.27. The summed E-state index contributed by atoms with van der Waals surface area (Å²) in [5.41, 5.74) is 4.09. The van der Waals surface area contributed by atoms with Crippen molar-refractivity contribution in [2.45, 2.75) is 31.2 Å². The average Bonchev–Trinajstić information content (AvgIpc) is 3.09. The molecule has 1 atom stereocenters. The lowest BCUT2D eigenvalue weighted by molar-refractivity contribution is -0.115. The number of benzene rings is 2. The third-order valence-corrected chi connectivity index (χ3v) is 5.04. The van der Waals surface area contributed by atoms with Crippen molar-refractivity contribution in [1.29, 1.82) is 5.26 Å². The number of nitriles is 1. The summed E-state index contributed by atoms with van der Waals surface area (Å²) < 4.78 is 1.66. The van der Waals surface area contributed by atoms with Gasteiger partial charge in [0.05, 0.1) is 22.6 Å². The number of thioether (sulfide) groups is 1. The number of amides is 1. The molecule has 0 spiro atoms. The minimum absolute atomic E-state index is 0.189. The molecule has 2 aromatic carbocycles. The second-order valence-electron chi connectivity index (χ2n) is 6.06. The first-order chi connectivity index (χ1) is 13.0. The maximum absolute atomic E-state index is 12.5. The van der Waals surface area contributed by atoms with Crippen LogP contribution in [0.15, 0.2) is 47.6 Å². The molecule has 1 heterocycles. The SMILES string of the molecule is Cc1cccc(C)c1-n1nnnc1S[C@H](C)C(=O)Nc1cccc(C#N)c1. The van der Waals surface area contributed by atoms with Crippen molar-refractivity contribution in [3.63, 3.8) is 0 Å². The van der Waals surface area contributed by atoms with Crippen LogP contribution in [0.5, 0.6) is 0 Å². The molecular weight excluding hydrogens is 360 g/mol. The second-order valence-corrected chi connectivity index (χ2v) is 7.36. The summed E-state index contributed by atoms with van der Waals surface area (Å²) >= 11 is 1.28. The van der Waals surface area contributed by atoms with Crippen molar-refractivity contribution in [2.24, 2.45) is 0 Å². The highest BCUT2D eigenvalue weighted by Crippen LogP contribution is 2.26. The van der Waals surface area contributed by atoms with E-state index in [9.17, 15) is 4.79 Å². The molecule has 3 aromatic rings. The molecule has 1 N–H and O–H groups in total. The summed E-state index contributed by atoms with van der Waals surface area (Å²) in [6.45, 7) is 5.78. The zero-order valence-electron chi connectivity index (χ0n) is 15.2. The number of rotatable bonds is 5. The Labute approximate surface area is 161 Å². The smallest absolute Gasteiger partial charge is 0.237 e. The predicted molar refractivity (Wildman–Crippen MR) is 104 cm³/mol.